The molecule has 0 aliphatic rings. The van der Waals surface area contributed by atoms with Gasteiger partial charge in [0, 0.05) is 17.8 Å². The van der Waals surface area contributed by atoms with E-state index >= 15 is 0 Å². The number of hydrogen-bond acceptors (Lipinski definition) is 4. The van der Waals surface area contributed by atoms with E-state index in [2.05, 4.69) is 26.6 Å². The Labute approximate surface area is 175 Å². The number of aryl methyl sites for hydroxylation is 2. The number of aromatic nitrogens is 5. The third-order valence-corrected chi connectivity index (χ3v) is 4.88. The summed E-state index contributed by atoms with van der Waals surface area (Å²) in [5.74, 6) is -0.0908. The molecule has 152 valence electrons. The van der Waals surface area contributed by atoms with Gasteiger partial charge in [0.25, 0.3) is 5.91 Å². The predicted molar refractivity (Wildman–Crippen MR) is 114 cm³/mol. The fourth-order valence-electron chi connectivity index (χ4n) is 3.44. The summed E-state index contributed by atoms with van der Waals surface area (Å²) in [6, 6.07) is 17.8. The molecule has 4 aromatic rings. The van der Waals surface area contributed by atoms with E-state index in [1.165, 1.54) is 6.33 Å². The number of hydrogen-bond donors (Lipinski definition) is 1. The minimum Gasteiger partial charge on any atom is -0.348 e. The van der Waals surface area contributed by atoms with Crippen molar-refractivity contribution in [2.45, 2.75) is 33.5 Å². The van der Waals surface area contributed by atoms with Crippen LogP contribution in [0.15, 0.2) is 67.3 Å². The number of rotatable bonds is 7. The van der Waals surface area contributed by atoms with Crippen molar-refractivity contribution in [1.82, 2.24) is 29.9 Å². The van der Waals surface area contributed by atoms with Gasteiger partial charge in [-0.15, -0.1) is 0 Å². The minimum atomic E-state index is -0.0908. The molecule has 0 unspecified atom stereocenters. The van der Waals surface area contributed by atoms with E-state index in [1.807, 2.05) is 67.1 Å². The fraction of sp³-hybridized carbons (Fsp3) is 0.217. The van der Waals surface area contributed by atoms with E-state index < -0.39 is 0 Å². The zero-order chi connectivity index (χ0) is 20.9. The van der Waals surface area contributed by atoms with Gasteiger partial charge in [-0.3, -0.25) is 9.48 Å². The van der Waals surface area contributed by atoms with Crippen LogP contribution >= 0.6 is 0 Å². The third kappa shape index (κ3) is 4.81. The van der Waals surface area contributed by atoms with Crippen molar-refractivity contribution in [3.05, 3.63) is 101 Å². The lowest BCUT2D eigenvalue weighted by molar-refractivity contribution is 0.0950. The Morgan fingerprint density at radius 3 is 2.47 bits per heavy atom. The fourth-order valence-corrected chi connectivity index (χ4v) is 3.44. The summed E-state index contributed by atoms with van der Waals surface area (Å²) in [5.41, 5.74) is 5.94. The molecule has 0 radical (unpaired) electrons. The van der Waals surface area contributed by atoms with Gasteiger partial charge in [0.15, 0.2) is 0 Å². The zero-order valence-corrected chi connectivity index (χ0v) is 17.1. The van der Waals surface area contributed by atoms with Gasteiger partial charge in [0.2, 0.25) is 0 Å². The van der Waals surface area contributed by atoms with Crippen LogP contribution in [0.4, 0.5) is 0 Å². The number of amides is 1. The lowest BCUT2D eigenvalue weighted by Crippen LogP contribution is -2.23. The average molecular weight is 400 g/mol. The van der Waals surface area contributed by atoms with Crippen molar-refractivity contribution in [2.24, 2.45) is 0 Å². The third-order valence-electron chi connectivity index (χ3n) is 4.88. The van der Waals surface area contributed by atoms with Crippen LogP contribution < -0.4 is 5.32 Å². The number of carbonyl (C=O) groups is 1. The van der Waals surface area contributed by atoms with Crippen molar-refractivity contribution in [1.29, 1.82) is 0 Å². The molecule has 0 spiro atoms. The monoisotopic (exact) mass is 400 g/mol. The molecule has 0 aliphatic heterocycles. The highest BCUT2D eigenvalue weighted by Crippen LogP contribution is 2.11. The summed E-state index contributed by atoms with van der Waals surface area (Å²) < 4.78 is 3.72. The lowest BCUT2D eigenvalue weighted by atomic mass is 10.1. The highest BCUT2D eigenvalue weighted by atomic mass is 16.1. The maximum Gasteiger partial charge on any atom is 0.251 e. The molecule has 1 amide bonds. The maximum atomic E-state index is 12.7. The molecule has 1 N–H and O–H groups in total. The lowest BCUT2D eigenvalue weighted by Gasteiger charge is -2.09. The predicted octanol–water partition coefficient (Wildman–Crippen LogP) is 3.12. The molecular weight excluding hydrogens is 376 g/mol. The minimum absolute atomic E-state index is 0.0908. The van der Waals surface area contributed by atoms with Crippen molar-refractivity contribution in [2.75, 3.05) is 0 Å². The summed E-state index contributed by atoms with van der Waals surface area (Å²) in [4.78, 5) is 16.6. The number of carbonyl (C=O) groups excluding carboxylic acids is 1. The SMILES string of the molecule is Cc1cc(C)n(Cc2cccc(C(=O)NCc3cccc(Cn4cncn4)c3)c2)n1. The van der Waals surface area contributed by atoms with E-state index in [1.54, 1.807) is 11.0 Å². The van der Waals surface area contributed by atoms with E-state index in [0.717, 1.165) is 28.1 Å². The molecule has 4 rings (SSSR count). The van der Waals surface area contributed by atoms with Gasteiger partial charge in [0.05, 0.1) is 18.8 Å². The average Bonchev–Trinajstić information content (AvgIpc) is 3.36. The van der Waals surface area contributed by atoms with Crippen LogP contribution in [0.1, 0.15) is 38.4 Å². The van der Waals surface area contributed by atoms with Crippen LogP contribution in [-0.4, -0.2) is 30.5 Å². The highest BCUT2D eigenvalue weighted by Gasteiger charge is 2.08. The molecule has 0 bridgehead atoms. The first-order valence-electron chi connectivity index (χ1n) is 9.85. The van der Waals surface area contributed by atoms with Gasteiger partial charge in [-0.2, -0.15) is 10.2 Å². The summed E-state index contributed by atoms with van der Waals surface area (Å²) >= 11 is 0. The van der Waals surface area contributed by atoms with E-state index in [-0.39, 0.29) is 5.91 Å². The standard InChI is InChI=1S/C23H24N6O/c1-17-9-18(2)29(27-17)14-21-7-4-8-22(11-21)23(30)25-12-19-5-3-6-20(10-19)13-28-16-24-15-26-28/h3-11,15-16H,12-14H2,1-2H3,(H,25,30). The summed E-state index contributed by atoms with van der Waals surface area (Å²) in [7, 11) is 0. The van der Waals surface area contributed by atoms with Gasteiger partial charge in [-0.25, -0.2) is 9.67 Å². The van der Waals surface area contributed by atoms with Crippen molar-refractivity contribution in [3.63, 3.8) is 0 Å². The number of nitrogens with zero attached hydrogens (tertiary/aromatic N) is 5. The van der Waals surface area contributed by atoms with E-state index in [4.69, 9.17) is 0 Å². The van der Waals surface area contributed by atoms with Crippen molar-refractivity contribution in [3.8, 4) is 0 Å². The van der Waals surface area contributed by atoms with Gasteiger partial charge in [-0.1, -0.05) is 36.4 Å². The van der Waals surface area contributed by atoms with Gasteiger partial charge in [-0.05, 0) is 48.7 Å². The molecular formula is C23H24N6O. The second-order valence-corrected chi connectivity index (χ2v) is 7.38. The van der Waals surface area contributed by atoms with E-state index in [0.29, 0.717) is 25.2 Å². The van der Waals surface area contributed by atoms with Crippen LogP contribution in [-0.2, 0) is 19.6 Å². The summed E-state index contributed by atoms with van der Waals surface area (Å²) in [6.07, 6.45) is 3.21. The topological polar surface area (TPSA) is 77.6 Å². The van der Waals surface area contributed by atoms with Crippen LogP contribution in [0.2, 0.25) is 0 Å². The Morgan fingerprint density at radius 1 is 0.967 bits per heavy atom. The normalized spacial score (nSPS) is 10.9. The Kier molecular flexibility index (Phi) is 5.70. The molecule has 7 nitrogen and oxygen atoms in total. The first-order chi connectivity index (χ1) is 14.6. The Morgan fingerprint density at radius 2 is 1.73 bits per heavy atom. The summed E-state index contributed by atoms with van der Waals surface area (Å²) in [5, 5.41) is 11.6. The first kappa shape index (κ1) is 19.6. The molecule has 30 heavy (non-hydrogen) atoms. The zero-order valence-electron chi connectivity index (χ0n) is 17.1. The second-order valence-electron chi connectivity index (χ2n) is 7.38. The molecule has 2 aromatic carbocycles. The first-order valence-corrected chi connectivity index (χ1v) is 9.85. The number of nitrogens with one attached hydrogen (secondary N) is 1. The van der Waals surface area contributed by atoms with Crippen LogP contribution in [0, 0.1) is 13.8 Å². The number of benzene rings is 2. The molecule has 0 aliphatic carbocycles. The Bertz CT molecular complexity index is 1150. The maximum absolute atomic E-state index is 12.7. The van der Waals surface area contributed by atoms with Crippen molar-refractivity contribution < 1.29 is 4.79 Å². The van der Waals surface area contributed by atoms with Gasteiger partial charge >= 0.3 is 0 Å². The molecule has 2 heterocycles. The molecule has 0 fully saturated rings. The molecule has 0 saturated carbocycles. The van der Waals surface area contributed by atoms with Crippen LogP contribution in [0.5, 0.6) is 0 Å². The van der Waals surface area contributed by atoms with Gasteiger partial charge < -0.3 is 5.32 Å². The summed E-state index contributed by atoms with van der Waals surface area (Å²) in [6.45, 7) is 5.77. The quantitative estimate of drug-likeness (QED) is 0.517. The Hall–Kier alpha value is -3.74. The van der Waals surface area contributed by atoms with Gasteiger partial charge in [0.1, 0.15) is 12.7 Å². The Balaban J connectivity index is 1.39. The van der Waals surface area contributed by atoms with Crippen molar-refractivity contribution >= 4 is 5.91 Å². The largest absolute Gasteiger partial charge is 0.348 e. The molecule has 0 saturated heterocycles. The smallest absolute Gasteiger partial charge is 0.251 e. The van der Waals surface area contributed by atoms with Crippen LogP contribution in [0.3, 0.4) is 0 Å². The second kappa shape index (κ2) is 8.73. The highest BCUT2D eigenvalue weighted by molar-refractivity contribution is 5.94. The molecule has 2 aromatic heterocycles. The van der Waals surface area contributed by atoms with E-state index in [9.17, 15) is 4.79 Å². The molecule has 0 atom stereocenters. The van der Waals surface area contributed by atoms with Crippen LogP contribution in [0.25, 0.3) is 0 Å². The molecule has 7 heteroatoms.